The SMILES string of the molecule is Cc1cccc(NC(=O)[C@@H]2[C@@H](C(=O)O)[C@@H]3C=C[C@H]2C32CC2)c1C. The van der Waals surface area contributed by atoms with Gasteiger partial charge in [-0.05, 0) is 61.1 Å². The second-order valence-corrected chi connectivity index (χ2v) is 7.30. The second kappa shape index (κ2) is 4.70. The van der Waals surface area contributed by atoms with Crippen LogP contribution >= 0.6 is 0 Å². The van der Waals surface area contributed by atoms with E-state index >= 15 is 0 Å². The number of anilines is 1. The van der Waals surface area contributed by atoms with Crippen molar-refractivity contribution in [3.05, 3.63) is 41.5 Å². The Hall–Kier alpha value is -2.10. The Balaban J connectivity index is 1.64. The summed E-state index contributed by atoms with van der Waals surface area (Å²) in [7, 11) is 0. The molecule has 0 aromatic heterocycles. The maximum absolute atomic E-state index is 12.9. The minimum Gasteiger partial charge on any atom is -0.481 e. The normalized spacial score (nSPS) is 32.3. The number of rotatable bonds is 3. The van der Waals surface area contributed by atoms with Gasteiger partial charge in [0.15, 0.2) is 0 Å². The Morgan fingerprint density at radius 1 is 1.13 bits per heavy atom. The van der Waals surface area contributed by atoms with Gasteiger partial charge in [0.25, 0.3) is 0 Å². The lowest BCUT2D eigenvalue weighted by atomic mass is 9.82. The molecule has 0 saturated heterocycles. The van der Waals surface area contributed by atoms with Gasteiger partial charge in [0, 0.05) is 5.69 Å². The van der Waals surface area contributed by atoms with Crippen LogP contribution in [-0.4, -0.2) is 17.0 Å². The predicted molar refractivity (Wildman–Crippen MR) is 86.9 cm³/mol. The molecule has 0 radical (unpaired) electrons. The van der Waals surface area contributed by atoms with E-state index in [4.69, 9.17) is 0 Å². The van der Waals surface area contributed by atoms with Crippen LogP contribution in [0.1, 0.15) is 24.0 Å². The third kappa shape index (κ3) is 1.90. The molecule has 1 aromatic carbocycles. The van der Waals surface area contributed by atoms with Crippen LogP contribution in [0.3, 0.4) is 0 Å². The van der Waals surface area contributed by atoms with Crippen LogP contribution in [0.4, 0.5) is 5.69 Å². The van der Waals surface area contributed by atoms with E-state index in [1.807, 2.05) is 38.1 Å². The molecule has 4 heteroatoms. The maximum atomic E-state index is 12.9. The molecule has 1 spiro atoms. The standard InChI is InChI=1S/C19H21NO3/c1-10-4-3-5-14(11(10)2)20-17(21)15-12-6-7-13(16(15)18(22)23)19(12)8-9-19/h3-7,12-13,15-16H,8-9H2,1-2H3,(H,20,21)(H,22,23)/t12-,13+,15+,16+/m1/s1. The summed E-state index contributed by atoms with van der Waals surface area (Å²) in [6.07, 6.45) is 6.22. The van der Waals surface area contributed by atoms with Crippen LogP contribution in [0, 0.1) is 42.9 Å². The highest BCUT2D eigenvalue weighted by Crippen LogP contribution is 2.72. The average molecular weight is 311 g/mol. The summed E-state index contributed by atoms with van der Waals surface area (Å²) in [6, 6.07) is 5.80. The summed E-state index contributed by atoms with van der Waals surface area (Å²) >= 11 is 0. The Bertz CT molecular complexity index is 732. The van der Waals surface area contributed by atoms with Crippen molar-refractivity contribution >= 4 is 17.6 Å². The third-order valence-electron chi connectivity index (χ3n) is 6.29. The summed E-state index contributed by atoms with van der Waals surface area (Å²) in [5.74, 6) is -1.91. The maximum Gasteiger partial charge on any atom is 0.307 e. The smallest absolute Gasteiger partial charge is 0.307 e. The van der Waals surface area contributed by atoms with Gasteiger partial charge in [-0.2, -0.15) is 0 Å². The number of hydrogen-bond acceptors (Lipinski definition) is 2. The number of carbonyl (C=O) groups is 2. The summed E-state index contributed by atoms with van der Waals surface area (Å²) < 4.78 is 0. The minimum atomic E-state index is -0.839. The van der Waals surface area contributed by atoms with Gasteiger partial charge in [-0.15, -0.1) is 0 Å². The highest BCUT2D eigenvalue weighted by Gasteiger charge is 2.70. The number of carboxylic acid groups (broad SMARTS) is 1. The molecule has 120 valence electrons. The fraction of sp³-hybridized carbons (Fsp3) is 0.474. The zero-order chi connectivity index (χ0) is 16.4. The van der Waals surface area contributed by atoms with Crippen molar-refractivity contribution in [1.29, 1.82) is 0 Å². The Labute approximate surface area is 135 Å². The molecule has 1 aromatic rings. The van der Waals surface area contributed by atoms with Crippen LogP contribution in [-0.2, 0) is 9.59 Å². The molecule has 2 fully saturated rings. The number of aryl methyl sites for hydroxylation is 1. The molecule has 0 aliphatic heterocycles. The van der Waals surface area contributed by atoms with E-state index in [1.54, 1.807) is 0 Å². The number of aliphatic carboxylic acids is 1. The molecule has 23 heavy (non-hydrogen) atoms. The van der Waals surface area contributed by atoms with Crippen LogP contribution in [0.15, 0.2) is 30.4 Å². The summed E-state index contributed by atoms with van der Waals surface area (Å²) in [4.78, 5) is 24.7. The molecule has 1 amide bonds. The lowest BCUT2D eigenvalue weighted by Crippen LogP contribution is -2.36. The lowest BCUT2D eigenvalue weighted by Gasteiger charge is -2.24. The van der Waals surface area contributed by atoms with Crippen molar-refractivity contribution in [3.8, 4) is 0 Å². The van der Waals surface area contributed by atoms with Crippen LogP contribution in [0.5, 0.6) is 0 Å². The first-order valence-corrected chi connectivity index (χ1v) is 8.24. The van der Waals surface area contributed by atoms with Crippen molar-refractivity contribution in [2.75, 3.05) is 5.32 Å². The molecule has 4 atom stereocenters. The summed E-state index contributed by atoms with van der Waals surface area (Å²) in [6.45, 7) is 3.98. The monoisotopic (exact) mass is 311 g/mol. The van der Waals surface area contributed by atoms with Gasteiger partial charge in [0.1, 0.15) is 0 Å². The molecule has 2 bridgehead atoms. The number of allylic oxidation sites excluding steroid dienone is 2. The minimum absolute atomic E-state index is 0.0272. The van der Waals surface area contributed by atoms with Gasteiger partial charge < -0.3 is 10.4 Å². The number of amides is 1. The molecular formula is C19H21NO3. The van der Waals surface area contributed by atoms with E-state index in [0.717, 1.165) is 29.7 Å². The van der Waals surface area contributed by atoms with Crippen molar-refractivity contribution in [3.63, 3.8) is 0 Å². The Morgan fingerprint density at radius 2 is 1.78 bits per heavy atom. The molecule has 3 aliphatic rings. The van der Waals surface area contributed by atoms with Crippen molar-refractivity contribution < 1.29 is 14.7 Å². The first-order chi connectivity index (χ1) is 11.0. The van der Waals surface area contributed by atoms with E-state index in [1.165, 1.54) is 0 Å². The van der Waals surface area contributed by atoms with Crippen molar-refractivity contribution in [2.24, 2.45) is 29.1 Å². The van der Waals surface area contributed by atoms with Crippen LogP contribution < -0.4 is 5.32 Å². The zero-order valence-corrected chi connectivity index (χ0v) is 13.4. The molecular weight excluding hydrogens is 290 g/mol. The molecule has 0 unspecified atom stereocenters. The Morgan fingerprint density at radius 3 is 2.39 bits per heavy atom. The van der Waals surface area contributed by atoms with Crippen molar-refractivity contribution in [1.82, 2.24) is 0 Å². The topological polar surface area (TPSA) is 66.4 Å². The van der Waals surface area contributed by atoms with Crippen LogP contribution in [0.25, 0.3) is 0 Å². The van der Waals surface area contributed by atoms with E-state index in [-0.39, 0.29) is 23.2 Å². The van der Waals surface area contributed by atoms with Gasteiger partial charge >= 0.3 is 5.97 Å². The van der Waals surface area contributed by atoms with E-state index < -0.39 is 17.8 Å². The Kier molecular flexibility index (Phi) is 2.96. The van der Waals surface area contributed by atoms with Gasteiger partial charge in [-0.3, -0.25) is 9.59 Å². The molecule has 2 saturated carbocycles. The fourth-order valence-electron chi connectivity index (χ4n) is 4.79. The lowest BCUT2D eigenvalue weighted by molar-refractivity contribution is -0.146. The van der Waals surface area contributed by atoms with Crippen molar-refractivity contribution in [2.45, 2.75) is 26.7 Å². The van der Waals surface area contributed by atoms with E-state index in [2.05, 4.69) is 11.4 Å². The third-order valence-corrected chi connectivity index (χ3v) is 6.29. The molecule has 4 nitrogen and oxygen atoms in total. The van der Waals surface area contributed by atoms with Gasteiger partial charge in [-0.1, -0.05) is 24.3 Å². The molecule has 4 rings (SSSR count). The first-order valence-electron chi connectivity index (χ1n) is 8.24. The molecule has 3 aliphatic carbocycles. The van der Waals surface area contributed by atoms with E-state index in [0.29, 0.717) is 0 Å². The average Bonchev–Trinajstić information content (AvgIpc) is 3.17. The number of benzene rings is 1. The highest BCUT2D eigenvalue weighted by atomic mass is 16.4. The summed E-state index contributed by atoms with van der Waals surface area (Å²) in [5.41, 5.74) is 3.00. The zero-order valence-electron chi connectivity index (χ0n) is 13.4. The van der Waals surface area contributed by atoms with Gasteiger partial charge in [0.05, 0.1) is 11.8 Å². The fourth-order valence-corrected chi connectivity index (χ4v) is 4.79. The van der Waals surface area contributed by atoms with Gasteiger partial charge in [0.2, 0.25) is 5.91 Å². The number of hydrogen-bond donors (Lipinski definition) is 2. The number of nitrogens with one attached hydrogen (secondary N) is 1. The quantitative estimate of drug-likeness (QED) is 0.843. The first kappa shape index (κ1) is 14.5. The van der Waals surface area contributed by atoms with Gasteiger partial charge in [-0.25, -0.2) is 0 Å². The second-order valence-electron chi connectivity index (χ2n) is 7.30. The highest BCUT2D eigenvalue weighted by molar-refractivity contribution is 5.97. The summed E-state index contributed by atoms with van der Waals surface area (Å²) in [5, 5.41) is 12.7. The van der Waals surface area contributed by atoms with E-state index in [9.17, 15) is 14.7 Å². The molecule has 0 heterocycles. The number of carboxylic acids is 1. The number of carbonyl (C=O) groups excluding carboxylic acids is 1. The largest absolute Gasteiger partial charge is 0.481 e. The van der Waals surface area contributed by atoms with Crippen LogP contribution in [0.2, 0.25) is 0 Å². The molecule has 2 N–H and O–H groups in total. The predicted octanol–water partition coefficient (Wildman–Crippen LogP) is 3.15.